The first-order chi connectivity index (χ1) is 16.9. The molecule has 1 aromatic heterocycles. The summed E-state index contributed by atoms with van der Waals surface area (Å²) in [6.07, 6.45) is 0. The number of hydrogen-bond donors (Lipinski definition) is 1. The normalized spacial score (nSPS) is 10.7. The van der Waals surface area contributed by atoms with Crippen molar-refractivity contribution in [3.05, 3.63) is 100 Å². The second-order valence-electron chi connectivity index (χ2n) is 7.97. The van der Waals surface area contributed by atoms with E-state index in [1.807, 2.05) is 62.4 Å². The van der Waals surface area contributed by atoms with E-state index in [4.69, 9.17) is 23.2 Å². The van der Waals surface area contributed by atoms with E-state index < -0.39 is 0 Å². The third kappa shape index (κ3) is 5.56. The second-order valence-corrected chi connectivity index (χ2v) is 8.79. The van der Waals surface area contributed by atoms with Crippen LogP contribution in [0.3, 0.4) is 0 Å². The lowest BCUT2D eigenvalue weighted by atomic mass is 10.1. The van der Waals surface area contributed by atoms with Crippen LogP contribution in [0.25, 0.3) is 16.9 Å². The lowest BCUT2D eigenvalue weighted by Crippen LogP contribution is -2.38. The van der Waals surface area contributed by atoms with Crippen LogP contribution in [0.4, 0.5) is 5.82 Å². The minimum atomic E-state index is -0.338. The van der Waals surface area contributed by atoms with E-state index in [1.165, 1.54) is 4.90 Å². The summed E-state index contributed by atoms with van der Waals surface area (Å²) >= 11 is 12.3. The fraction of sp³-hybridized carbons (Fsp3) is 0.148. The molecule has 4 aromatic rings. The van der Waals surface area contributed by atoms with Crippen LogP contribution in [0.1, 0.15) is 22.8 Å². The summed E-state index contributed by atoms with van der Waals surface area (Å²) in [7, 11) is 0. The molecule has 178 valence electrons. The molecule has 0 radical (unpaired) electrons. The summed E-state index contributed by atoms with van der Waals surface area (Å²) in [5.41, 5.74) is 3.65. The van der Waals surface area contributed by atoms with Gasteiger partial charge >= 0.3 is 0 Å². The highest BCUT2D eigenvalue weighted by Gasteiger charge is 2.21. The molecule has 3 aromatic carbocycles. The quantitative estimate of drug-likeness (QED) is 0.321. The van der Waals surface area contributed by atoms with Crippen LogP contribution in [-0.2, 0) is 4.79 Å². The fourth-order valence-electron chi connectivity index (χ4n) is 3.70. The summed E-state index contributed by atoms with van der Waals surface area (Å²) in [5, 5.41) is 8.39. The molecule has 0 aliphatic heterocycles. The minimum Gasteiger partial charge on any atom is -0.330 e. The SMILES string of the molecule is CCN(CC(=O)Nc1cc(-c2ccccc2)nn1-c1ccc(Cl)c(Cl)c1)C(=O)c1ccccc1C. The van der Waals surface area contributed by atoms with E-state index >= 15 is 0 Å². The monoisotopic (exact) mass is 506 g/mol. The van der Waals surface area contributed by atoms with Gasteiger partial charge in [0.15, 0.2) is 0 Å². The van der Waals surface area contributed by atoms with Crippen LogP contribution in [0, 0.1) is 6.92 Å². The fourth-order valence-corrected chi connectivity index (χ4v) is 3.99. The van der Waals surface area contributed by atoms with Gasteiger partial charge in [-0.05, 0) is 43.7 Å². The van der Waals surface area contributed by atoms with Crippen molar-refractivity contribution in [3.8, 4) is 16.9 Å². The second kappa shape index (κ2) is 10.8. The molecule has 0 bridgehead atoms. The number of anilines is 1. The van der Waals surface area contributed by atoms with Gasteiger partial charge in [-0.15, -0.1) is 0 Å². The molecule has 8 heteroatoms. The van der Waals surface area contributed by atoms with Gasteiger partial charge in [-0.3, -0.25) is 9.59 Å². The molecule has 1 N–H and O–H groups in total. The van der Waals surface area contributed by atoms with Gasteiger partial charge in [-0.1, -0.05) is 71.7 Å². The number of carbonyl (C=O) groups is 2. The number of hydrogen-bond acceptors (Lipinski definition) is 3. The largest absolute Gasteiger partial charge is 0.330 e. The summed E-state index contributed by atoms with van der Waals surface area (Å²) < 4.78 is 1.60. The predicted octanol–water partition coefficient (Wildman–Crippen LogP) is 6.26. The van der Waals surface area contributed by atoms with Gasteiger partial charge in [-0.2, -0.15) is 5.10 Å². The minimum absolute atomic E-state index is 0.100. The molecular weight excluding hydrogens is 483 g/mol. The highest BCUT2D eigenvalue weighted by Crippen LogP contribution is 2.29. The third-order valence-corrected chi connectivity index (χ3v) is 6.31. The van der Waals surface area contributed by atoms with Gasteiger partial charge in [0, 0.05) is 23.7 Å². The summed E-state index contributed by atoms with van der Waals surface area (Å²) in [6.45, 7) is 4.01. The average molecular weight is 507 g/mol. The molecule has 0 atom stereocenters. The Morgan fingerprint density at radius 1 is 0.943 bits per heavy atom. The third-order valence-electron chi connectivity index (χ3n) is 5.57. The number of nitrogens with zero attached hydrogens (tertiary/aromatic N) is 3. The smallest absolute Gasteiger partial charge is 0.254 e. The zero-order chi connectivity index (χ0) is 24.9. The van der Waals surface area contributed by atoms with Crippen molar-refractivity contribution in [1.82, 2.24) is 14.7 Å². The van der Waals surface area contributed by atoms with Crippen molar-refractivity contribution >= 4 is 40.8 Å². The highest BCUT2D eigenvalue weighted by atomic mass is 35.5. The molecule has 2 amide bonds. The molecule has 0 aliphatic carbocycles. The van der Waals surface area contributed by atoms with Crippen LogP contribution in [0.15, 0.2) is 78.9 Å². The Labute approximate surface area is 214 Å². The molecule has 0 saturated heterocycles. The van der Waals surface area contributed by atoms with Crippen LogP contribution in [0.5, 0.6) is 0 Å². The van der Waals surface area contributed by atoms with Crippen LogP contribution >= 0.6 is 23.2 Å². The van der Waals surface area contributed by atoms with Crippen LogP contribution in [0.2, 0.25) is 10.0 Å². The van der Waals surface area contributed by atoms with E-state index in [1.54, 1.807) is 35.0 Å². The van der Waals surface area contributed by atoms with Crippen molar-refractivity contribution in [2.24, 2.45) is 0 Å². The highest BCUT2D eigenvalue weighted by molar-refractivity contribution is 6.42. The van der Waals surface area contributed by atoms with E-state index in [0.717, 1.165) is 11.1 Å². The number of aromatic nitrogens is 2. The molecule has 1 heterocycles. The van der Waals surface area contributed by atoms with Crippen LogP contribution < -0.4 is 5.32 Å². The number of aryl methyl sites for hydroxylation is 1. The number of benzene rings is 3. The molecule has 0 fully saturated rings. The van der Waals surface area contributed by atoms with Crippen molar-refractivity contribution < 1.29 is 9.59 Å². The maximum Gasteiger partial charge on any atom is 0.254 e. The molecular formula is C27H24Cl2N4O2. The molecule has 0 saturated carbocycles. The molecule has 0 aliphatic rings. The van der Waals surface area contributed by atoms with Gasteiger partial charge in [0.1, 0.15) is 12.4 Å². The van der Waals surface area contributed by atoms with E-state index in [9.17, 15) is 9.59 Å². The summed E-state index contributed by atoms with van der Waals surface area (Å²) in [5.74, 6) is -0.0787. The van der Waals surface area contributed by atoms with Crippen molar-refractivity contribution in [2.45, 2.75) is 13.8 Å². The van der Waals surface area contributed by atoms with E-state index in [-0.39, 0.29) is 18.4 Å². The van der Waals surface area contributed by atoms with Crippen molar-refractivity contribution in [3.63, 3.8) is 0 Å². The number of nitrogens with one attached hydrogen (secondary N) is 1. The Bertz CT molecular complexity index is 1370. The lowest BCUT2D eigenvalue weighted by molar-refractivity contribution is -0.116. The van der Waals surface area contributed by atoms with Gasteiger partial charge < -0.3 is 10.2 Å². The Kier molecular flexibility index (Phi) is 7.54. The average Bonchev–Trinajstić information content (AvgIpc) is 3.28. The number of amides is 2. The van der Waals surface area contributed by atoms with Gasteiger partial charge in [0.2, 0.25) is 5.91 Å². The first-order valence-electron chi connectivity index (χ1n) is 11.1. The maximum atomic E-state index is 13.1. The first kappa shape index (κ1) is 24.5. The predicted molar refractivity (Wildman–Crippen MR) is 140 cm³/mol. The zero-order valence-electron chi connectivity index (χ0n) is 19.3. The van der Waals surface area contributed by atoms with Gasteiger partial charge in [0.25, 0.3) is 5.91 Å². The Balaban J connectivity index is 1.62. The standard InChI is InChI=1S/C27H24Cl2N4O2/c1-3-32(27(35)21-12-8-7-9-18(21)2)17-26(34)30-25-16-24(19-10-5-4-6-11-19)31-33(25)20-13-14-22(28)23(29)15-20/h4-16H,3,17H2,1-2H3,(H,30,34). The first-order valence-corrected chi connectivity index (χ1v) is 11.9. The summed E-state index contributed by atoms with van der Waals surface area (Å²) in [6, 6.07) is 23.9. The van der Waals surface area contributed by atoms with Crippen LogP contribution in [-0.4, -0.2) is 39.6 Å². The number of likely N-dealkylation sites (N-methyl/N-ethyl adjacent to an activating group) is 1. The zero-order valence-corrected chi connectivity index (χ0v) is 20.8. The molecule has 4 rings (SSSR count). The Morgan fingerprint density at radius 2 is 1.66 bits per heavy atom. The van der Waals surface area contributed by atoms with Gasteiger partial charge in [-0.25, -0.2) is 4.68 Å². The van der Waals surface area contributed by atoms with E-state index in [0.29, 0.717) is 39.4 Å². The molecule has 35 heavy (non-hydrogen) atoms. The maximum absolute atomic E-state index is 13.1. The number of rotatable bonds is 7. The molecule has 6 nitrogen and oxygen atoms in total. The summed E-state index contributed by atoms with van der Waals surface area (Å²) in [4.78, 5) is 27.6. The van der Waals surface area contributed by atoms with Crippen molar-refractivity contribution in [1.29, 1.82) is 0 Å². The molecule has 0 spiro atoms. The lowest BCUT2D eigenvalue weighted by Gasteiger charge is -2.21. The number of halogens is 2. The Morgan fingerprint density at radius 3 is 2.34 bits per heavy atom. The topological polar surface area (TPSA) is 67.2 Å². The Hall–Kier alpha value is -3.61. The van der Waals surface area contributed by atoms with E-state index in [2.05, 4.69) is 10.4 Å². The number of carbonyl (C=O) groups excluding carboxylic acids is 2. The van der Waals surface area contributed by atoms with Gasteiger partial charge in [0.05, 0.1) is 21.4 Å². The molecule has 0 unspecified atom stereocenters. The van der Waals surface area contributed by atoms with Crippen molar-refractivity contribution in [2.75, 3.05) is 18.4 Å².